The van der Waals surface area contributed by atoms with Crippen molar-refractivity contribution in [1.29, 1.82) is 0 Å². The molecule has 1 aliphatic rings. The first-order valence-corrected chi connectivity index (χ1v) is 11.1. The van der Waals surface area contributed by atoms with E-state index in [-0.39, 0.29) is 17.7 Å². The molecular formula is C24H24N4O2S. The second-order valence-electron chi connectivity index (χ2n) is 7.44. The molecule has 1 aliphatic heterocycles. The van der Waals surface area contributed by atoms with Gasteiger partial charge in [0.05, 0.1) is 5.56 Å². The number of piperidine rings is 1. The Labute approximate surface area is 185 Å². The molecule has 158 valence electrons. The van der Waals surface area contributed by atoms with Crippen LogP contribution in [-0.4, -0.2) is 29.9 Å². The number of primary amides is 1. The summed E-state index contributed by atoms with van der Waals surface area (Å²) in [6, 6.07) is 21.2. The predicted molar refractivity (Wildman–Crippen MR) is 123 cm³/mol. The smallest absolute Gasteiger partial charge is 0.258 e. The van der Waals surface area contributed by atoms with Crippen LogP contribution in [0.25, 0.3) is 0 Å². The molecule has 0 spiro atoms. The molecule has 6 nitrogen and oxygen atoms in total. The summed E-state index contributed by atoms with van der Waals surface area (Å²) in [5.74, 6) is -0.434. The Morgan fingerprint density at radius 3 is 2.35 bits per heavy atom. The molecule has 2 aromatic carbocycles. The van der Waals surface area contributed by atoms with Crippen molar-refractivity contribution < 1.29 is 9.59 Å². The zero-order valence-corrected chi connectivity index (χ0v) is 17.8. The van der Waals surface area contributed by atoms with Crippen LogP contribution in [0.3, 0.4) is 0 Å². The van der Waals surface area contributed by atoms with Gasteiger partial charge in [0.1, 0.15) is 5.03 Å². The fraction of sp³-hybridized carbons (Fsp3) is 0.208. The molecule has 0 radical (unpaired) electrons. The van der Waals surface area contributed by atoms with Crippen molar-refractivity contribution in [1.82, 2.24) is 4.98 Å². The molecule has 2 amide bonds. The quantitative estimate of drug-likeness (QED) is 0.610. The largest absolute Gasteiger partial charge is 0.371 e. The monoisotopic (exact) mass is 432 g/mol. The first-order valence-electron chi connectivity index (χ1n) is 10.2. The van der Waals surface area contributed by atoms with Crippen LogP contribution in [0.1, 0.15) is 23.2 Å². The molecule has 1 saturated heterocycles. The van der Waals surface area contributed by atoms with E-state index >= 15 is 0 Å². The van der Waals surface area contributed by atoms with Gasteiger partial charge in [0, 0.05) is 41.5 Å². The highest BCUT2D eigenvalue weighted by Crippen LogP contribution is 2.29. The fourth-order valence-corrected chi connectivity index (χ4v) is 4.52. The maximum atomic E-state index is 12.9. The third-order valence-corrected chi connectivity index (χ3v) is 6.39. The van der Waals surface area contributed by atoms with E-state index in [1.807, 2.05) is 54.6 Å². The molecule has 0 atom stereocenters. The zero-order valence-electron chi connectivity index (χ0n) is 17.0. The van der Waals surface area contributed by atoms with Crippen molar-refractivity contribution in [2.75, 3.05) is 23.3 Å². The summed E-state index contributed by atoms with van der Waals surface area (Å²) in [5, 5.41) is 3.63. The minimum Gasteiger partial charge on any atom is -0.371 e. The van der Waals surface area contributed by atoms with Crippen LogP contribution in [0.15, 0.2) is 82.8 Å². The summed E-state index contributed by atoms with van der Waals surface area (Å²) >= 11 is 1.46. The zero-order chi connectivity index (χ0) is 21.6. The molecule has 4 rings (SSSR count). The third kappa shape index (κ3) is 5.24. The molecule has 0 aliphatic carbocycles. The molecule has 31 heavy (non-hydrogen) atoms. The Hall–Kier alpha value is -3.32. The summed E-state index contributed by atoms with van der Waals surface area (Å²) in [6.45, 7) is 1.60. The van der Waals surface area contributed by atoms with Gasteiger partial charge >= 0.3 is 0 Å². The van der Waals surface area contributed by atoms with Crippen LogP contribution < -0.4 is 16.0 Å². The van der Waals surface area contributed by atoms with E-state index in [1.165, 1.54) is 11.8 Å². The fourth-order valence-electron chi connectivity index (χ4n) is 3.62. The van der Waals surface area contributed by atoms with E-state index in [0.717, 1.165) is 42.2 Å². The molecule has 2 heterocycles. The second-order valence-corrected chi connectivity index (χ2v) is 8.50. The van der Waals surface area contributed by atoms with Crippen molar-refractivity contribution in [3.63, 3.8) is 0 Å². The van der Waals surface area contributed by atoms with Gasteiger partial charge in [-0.2, -0.15) is 0 Å². The van der Waals surface area contributed by atoms with Gasteiger partial charge in [0.15, 0.2) is 0 Å². The van der Waals surface area contributed by atoms with Gasteiger partial charge in [-0.15, -0.1) is 0 Å². The van der Waals surface area contributed by atoms with E-state index < -0.39 is 0 Å². The lowest BCUT2D eigenvalue weighted by Crippen LogP contribution is -2.38. The summed E-state index contributed by atoms with van der Waals surface area (Å²) < 4.78 is 0. The van der Waals surface area contributed by atoms with Gasteiger partial charge < -0.3 is 16.0 Å². The summed E-state index contributed by atoms with van der Waals surface area (Å²) in [5.41, 5.74) is 7.75. The van der Waals surface area contributed by atoms with Crippen molar-refractivity contribution in [3.8, 4) is 0 Å². The third-order valence-electron chi connectivity index (χ3n) is 5.36. The lowest BCUT2D eigenvalue weighted by Gasteiger charge is -2.32. The van der Waals surface area contributed by atoms with Crippen molar-refractivity contribution in [3.05, 3.63) is 78.5 Å². The predicted octanol–water partition coefficient (Wildman–Crippen LogP) is 4.19. The lowest BCUT2D eigenvalue weighted by atomic mass is 9.96. The number of pyridine rings is 1. The molecule has 0 saturated carbocycles. The first kappa shape index (κ1) is 20.9. The highest BCUT2D eigenvalue weighted by atomic mass is 32.2. The average Bonchev–Trinajstić information content (AvgIpc) is 2.81. The molecular weight excluding hydrogens is 408 g/mol. The van der Waals surface area contributed by atoms with E-state index in [9.17, 15) is 9.59 Å². The summed E-state index contributed by atoms with van der Waals surface area (Å²) in [6.07, 6.45) is 3.24. The SMILES string of the molecule is NC(=O)C1CCN(c2ccc(NC(=O)c3cccnc3Sc3ccccc3)cc2)CC1. The first-order chi connectivity index (χ1) is 15.1. The Kier molecular flexibility index (Phi) is 6.52. The van der Waals surface area contributed by atoms with E-state index in [2.05, 4.69) is 15.2 Å². The summed E-state index contributed by atoms with van der Waals surface area (Å²) in [7, 11) is 0. The normalized spacial score (nSPS) is 14.3. The molecule has 1 aromatic heterocycles. The molecule has 3 N–H and O–H groups in total. The minimum absolute atomic E-state index is 0.0303. The number of benzene rings is 2. The van der Waals surface area contributed by atoms with Crippen LogP contribution in [0.5, 0.6) is 0 Å². The van der Waals surface area contributed by atoms with E-state index in [0.29, 0.717) is 10.6 Å². The van der Waals surface area contributed by atoms with Crippen LogP contribution in [0, 0.1) is 5.92 Å². The minimum atomic E-state index is -0.210. The number of carbonyl (C=O) groups excluding carboxylic acids is 2. The van der Waals surface area contributed by atoms with Gasteiger partial charge in [-0.3, -0.25) is 9.59 Å². The number of anilines is 2. The lowest BCUT2D eigenvalue weighted by molar-refractivity contribution is -0.122. The molecule has 3 aromatic rings. The number of amides is 2. The maximum absolute atomic E-state index is 12.9. The maximum Gasteiger partial charge on any atom is 0.258 e. The number of nitrogens with one attached hydrogen (secondary N) is 1. The highest BCUT2D eigenvalue weighted by Gasteiger charge is 2.23. The number of rotatable bonds is 6. The number of hydrogen-bond donors (Lipinski definition) is 2. The van der Waals surface area contributed by atoms with Crippen LogP contribution in [-0.2, 0) is 4.79 Å². The van der Waals surface area contributed by atoms with E-state index in [1.54, 1.807) is 18.3 Å². The van der Waals surface area contributed by atoms with Crippen molar-refractivity contribution in [2.45, 2.75) is 22.8 Å². The highest BCUT2D eigenvalue weighted by molar-refractivity contribution is 7.99. The number of carbonyl (C=O) groups is 2. The van der Waals surface area contributed by atoms with Crippen molar-refractivity contribution >= 4 is 35.0 Å². The topological polar surface area (TPSA) is 88.3 Å². The Morgan fingerprint density at radius 2 is 1.68 bits per heavy atom. The standard InChI is InChI=1S/C24H24N4O2S/c25-22(29)17-12-15-28(16-13-17)19-10-8-18(9-11-19)27-23(30)21-7-4-14-26-24(21)31-20-5-2-1-3-6-20/h1-11,14,17H,12-13,15-16H2,(H2,25,29)(H,27,30). The van der Waals surface area contributed by atoms with Crippen molar-refractivity contribution in [2.24, 2.45) is 11.7 Å². The van der Waals surface area contributed by atoms with Gasteiger partial charge in [-0.1, -0.05) is 30.0 Å². The van der Waals surface area contributed by atoms with Gasteiger partial charge in [0.25, 0.3) is 5.91 Å². The van der Waals surface area contributed by atoms with Crippen LogP contribution >= 0.6 is 11.8 Å². The Balaban J connectivity index is 1.41. The number of aromatic nitrogens is 1. The number of nitrogens with zero attached hydrogens (tertiary/aromatic N) is 2. The molecule has 0 bridgehead atoms. The van der Waals surface area contributed by atoms with Gasteiger partial charge in [0.2, 0.25) is 5.91 Å². The number of nitrogens with two attached hydrogens (primary N) is 1. The van der Waals surface area contributed by atoms with Crippen LogP contribution in [0.2, 0.25) is 0 Å². The summed E-state index contributed by atoms with van der Waals surface area (Å²) in [4.78, 5) is 31.9. The molecule has 0 unspecified atom stereocenters. The van der Waals surface area contributed by atoms with Gasteiger partial charge in [-0.05, 0) is 61.4 Å². The molecule has 1 fully saturated rings. The van der Waals surface area contributed by atoms with Gasteiger partial charge in [-0.25, -0.2) is 4.98 Å². The molecule has 7 heteroatoms. The Morgan fingerprint density at radius 1 is 0.968 bits per heavy atom. The average molecular weight is 433 g/mol. The second kappa shape index (κ2) is 9.66. The van der Waals surface area contributed by atoms with Crippen LogP contribution in [0.4, 0.5) is 11.4 Å². The Bertz CT molecular complexity index is 1050. The number of hydrogen-bond acceptors (Lipinski definition) is 5. The van der Waals surface area contributed by atoms with E-state index in [4.69, 9.17) is 5.73 Å².